The maximum absolute atomic E-state index is 10.2. The summed E-state index contributed by atoms with van der Waals surface area (Å²) in [5, 5.41) is 8.34. The summed E-state index contributed by atoms with van der Waals surface area (Å²) in [7, 11) is 0. The van der Waals surface area contributed by atoms with Gasteiger partial charge in [-0.1, -0.05) is 74.9 Å². The van der Waals surface area contributed by atoms with Crippen molar-refractivity contribution in [2.45, 2.75) is 76.0 Å². The zero-order valence-electron chi connectivity index (χ0n) is 19.9. The zero-order valence-corrected chi connectivity index (χ0v) is 19.9. The summed E-state index contributed by atoms with van der Waals surface area (Å²) in [6.45, 7) is 0. The van der Waals surface area contributed by atoms with Gasteiger partial charge < -0.3 is 9.84 Å². The van der Waals surface area contributed by atoms with E-state index < -0.39 is 5.97 Å². The number of aromatic nitrogens is 1. The first kappa shape index (κ1) is 24.0. The minimum absolute atomic E-state index is 0.220. The Kier molecular flexibility index (Phi) is 8.72. The molecule has 2 aliphatic carbocycles. The van der Waals surface area contributed by atoms with Gasteiger partial charge in [0.15, 0.2) is 0 Å². The number of nitrogens with zero attached hydrogens (tertiary/aromatic N) is 1. The van der Waals surface area contributed by atoms with Crippen LogP contribution >= 0.6 is 0 Å². The predicted octanol–water partition coefficient (Wildman–Crippen LogP) is 8.35. The molecule has 0 unspecified atom stereocenters. The van der Waals surface area contributed by atoms with Gasteiger partial charge in [0.2, 0.25) is 0 Å². The number of para-hydroxylation sites is 2. The number of carbonyl (C=O) groups is 1. The number of aromatic carboxylic acids is 1. The highest BCUT2D eigenvalue weighted by Crippen LogP contribution is 2.42. The topological polar surface area (TPSA) is 59.4 Å². The maximum atomic E-state index is 10.2. The Morgan fingerprint density at radius 3 is 1.62 bits per heavy atom. The van der Waals surface area contributed by atoms with Crippen LogP contribution in [0.25, 0.3) is 0 Å². The smallest absolute Gasteiger partial charge is 0.337 e. The van der Waals surface area contributed by atoms with Crippen molar-refractivity contribution in [3.05, 3.63) is 89.7 Å². The van der Waals surface area contributed by atoms with Gasteiger partial charge in [0.05, 0.1) is 5.56 Å². The average Bonchev–Trinajstić information content (AvgIpc) is 2.91. The summed E-state index contributed by atoms with van der Waals surface area (Å²) >= 11 is 0. The molecule has 0 amide bonds. The summed E-state index contributed by atoms with van der Waals surface area (Å²) in [5.41, 5.74) is 3.05. The van der Waals surface area contributed by atoms with Crippen molar-refractivity contribution in [1.82, 2.24) is 4.98 Å². The lowest BCUT2D eigenvalue weighted by Crippen LogP contribution is -2.08. The molecule has 1 heterocycles. The standard InChI is InChI=1S/C24H30O.C6H5NO2/c1-3-11-19(12-4-1)21-15-7-9-17-23(21)25-24-18-10-8-16-22(24)20-13-5-2-6-14-20;8-6(9)5-2-1-3-7-4-5/h7-10,15-20H,1-6,11-14H2;1-4H,(H,8,9). The molecule has 4 nitrogen and oxygen atoms in total. The van der Waals surface area contributed by atoms with Crippen LogP contribution in [0.1, 0.15) is 97.5 Å². The molecule has 5 rings (SSSR count). The van der Waals surface area contributed by atoms with Crippen LogP contribution in [-0.4, -0.2) is 16.1 Å². The number of rotatable bonds is 5. The van der Waals surface area contributed by atoms with Crippen LogP contribution in [0.3, 0.4) is 0 Å². The number of carboxylic acid groups (broad SMARTS) is 1. The lowest BCUT2D eigenvalue weighted by Gasteiger charge is -2.26. The highest BCUT2D eigenvalue weighted by atomic mass is 16.5. The Bertz CT molecular complexity index is 978. The first-order valence-electron chi connectivity index (χ1n) is 12.7. The number of pyridine rings is 1. The van der Waals surface area contributed by atoms with E-state index in [1.54, 1.807) is 6.07 Å². The van der Waals surface area contributed by atoms with Gasteiger partial charge in [-0.15, -0.1) is 0 Å². The molecule has 178 valence electrons. The molecule has 3 aromatic rings. The Balaban J connectivity index is 0.000000257. The lowest BCUT2D eigenvalue weighted by atomic mass is 9.83. The van der Waals surface area contributed by atoms with E-state index in [2.05, 4.69) is 53.5 Å². The molecule has 0 radical (unpaired) electrons. The van der Waals surface area contributed by atoms with Crippen molar-refractivity contribution in [1.29, 1.82) is 0 Å². The fourth-order valence-electron chi connectivity index (χ4n) is 5.26. The maximum Gasteiger partial charge on any atom is 0.337 e. The van der Waals surface area contributed by atoms with Crippen molar-refractivity contribution in [2.24, 2.45) is 0 Å². The molecule has 0 spiro atoms. The number of hydrogen-bond acceptors (Lipinski definition) is 3. The van der Waals surface area contributed by atoms with Crippen LogP contribution in [0.15, 0.2) is 73.1 Å². The van der Waals surface area contributed by atoms with E-state index in [1.807, 2.05) is 0 Å². The van der Waals surface area contributed by atoms with Crippen LogP contribution < -0.4 is 4.74 Å². The molecule has 0 bridgehead atoms. The Morgan fingerprint density at radius 2 is 1.21 bits per heavy atom. The van der Waals surface area contributed by atoms with Crippen molar-refractivity contribution in [2.75, 3.05) is 0 Å². The number of carboxylic acids is 1. The van der Waals surface area contributed by atoms with Crippen molar-refractivity contribution in [3.63, 3.8) is 0 Å². The summed E-state index contributed by atoms with van der Waals surface area (Å²) in [5.74, 6) is 2.57. The third-order valence-electron chi connectivity index (χ3n) is 7.06. The Hall–Kier alpha value is -3.14. The van der Waals surface area contributed by atoms with Crippen LogP contribution in [0, 0.1) is 0 Å². The molecule has 0 atom stereocenters. The molecular formula is C30H35NO3. The Morgan fingerprint density at radius 1 is 0.706 bits per heavy atom. The van der Waals surface area contributed by atoms with Gasteiger partial charge in [-0.25, -0.2) is 4.79 Å². The normalized spacial score (nSPS) is 16.8. The molecule has 2 fully saturated rings. The van der Waals surface area contributed by atoms with E-state index in [0.29, 0.717) is 11.8 Å². The van der Waals surface area contributed by atoms with Gasteiger partial charge in [-0.3, -0.25) is 4.98 Å². The Labute approximate surface area is 203 Å². The molecule has 2 aliphatic rings. The third-order valence-corrected chi connectivity index (χ3v) is 7.06. The quantitative estimate of drug-likeness (QED) is 0.418. The SMILES string of the molecule is O=C(O)c1cccnc1.c1ccc(C2CCCCC2)c(Oc2ccccc2C2CCCCC2)c1. The van der Waals surface area contributed by atoms with Crippen LogP contribution in [-0.2, 0) is 0 Å². The van der Waals surface area contributed by atoms with Gasteiger partial charge in [0.1, 0.15) is 11.5 Å². The summed E-state index contributed by atoms with van der Waals surface area (Å²) < 4.78 is 6.55. The zero-order chi connectivity index (χ0) is 23.6. The van der Waals surface area contributed by atoms with Gasteiger partial charge in [-0.05, 0) is 72.9 Å². The molecular weight excluding hydrogens is 422 g/mol. The van der Waals surface area contributed by atoms with Gasteiger partial charge in [0.25, 0.3) is 0 Å². The molecule has 2 saturated carbocycles. The molecule has 1 N–H and O–H groups in total. The van der Waals surface area contributed by atoms with E-state index in [0.717, 1.165) is 11.5 Å². The van der Waals surface area contributed by atoms with E-state index in [4.69, 9.17) is 9.84 Å². The highest BCUT2D eigenvalue weighted by Gasteiger charge is 2.22. The molecule has 1 aromatic heterocycles. The molecule has 34 heavy (non-hydrogen) atoms. The van der Waals surface area contributed by atoms with E-state index >= 15 is 0 Å². The second-order valence-electron chi connectivity index (χ2n) is 9.39. The fourth-order valence-corrected chi connectivity index (χ4v) is 5.26. The average molecular weight is 458 g/mol. The van der Waals surface area contributed by atoms with Gasteiger partial charge in [0, 0.05) is 12.4 Å². The summed E-state index contributed by atoms with van der Waals surface area (Å²) in [6, 6.07) is 20.6. The third kappa shape index (κ3) is 6.47. The largest absolute Gasteiger partial charge is 0.478 e. The predicted molar refractivity (Wildman–Crippen MR) is 136 cm³/mol. The van der Waals surface area contributed by atoms with Gasteiger partial charge >= 0.3 is 5.97 Å². The number of ether oxygens (including phenoxy) is 1. The first-order valence-corrected chi connectivity index (χ1v) is 12.7. The monoisotopic (exact) mass is 457 g/mol. The van der Waals surface area contributed by atoms with Crippen molar-refractivity contribution >= 4 is 5.97 Å². The molecule has 2 aromatic carbocycles. The number of benzene rings is 2. The molecule has 0 saturated heterocycles. The van der Waals surface area contributed by atoms with E-state index in [-0.39, 0.29) is 5.56 Å². The molecule has 0 aliphatic heterocycles. The first-order chi connectivity index (χ1) is 16.7. The minimum Gasteiger partial charge on any atom is -0.478 e. The van der Waals surface area contributed by atoms with Crippen molar-refractivity contribution in [3.8, 4) is 11.5 Å². The molecule has 4 heteroatoms. The summed E-state index contributed by atoms with van der Waals surface area (Å²) in [4.78, 5) is 13.8. The summed E-state index contributed by atoms with van der Waals surface area (Å²) in [6.07, 6.45) is 16.3. The second kappa shape index (κ2) is 12.4. The second-order valence-corrected chi connectivity index (χ2v) is 9.39. The highest BCUT2D eigenvalue weighted by molar-refractivity contribution is 5.86. The van der Waals surface area contributed by atoms with Crippen LogP contribution in [0.4, 0.5) is 0 Å². The van der Waals surface area contributed by atoms with Crippen molar-refractivity contribution < 1.29 is 14.6 Å². The van der Waals surface area contributed by atoms with Crippen LogP contribution in [0.5, 0.6) is 11.5 Å². The van der Waals surface area contributed by atoms with E-state index in [9.17, 15) is 4.79 Å². The number of hydrogen-bond donors (Lipinski definition) is 1. The fraction of sp³-hybridized carbons (Fsp3) is 0.400. The van der Waals surface area contributed by atoms with E-state index in [1.165, 1.54) is 93.8 Å². The van der Waals surface area contributed by atoms with Gasteiger partial charge in [-0.2, -0.15) is 0 Å². The minimum atomic E-state index is -0.942. The van der Waals surface area contributed by atoms with Crippen LogP contribution in [0.2, 0.25) is 0 Å². The lowest BCUT2D eigenvalue weighted by molar-refractivity contribution is 0.0696.